The van der Waals surface area contributed by atoms with E-state index in [1.807, 2.05) is 6.92 Å². The van der Waals surface area contributed by atoms with Gasteiger partial charge in [0.1, 0.15) is 4.90 Å². The smallest absolute Gasteiger partial charge is 0.246 e. The third-order valence-corrected chi connectivity index (χ3v) is 6.59. The molecule has 2 atom stereocenters. The maximum absolute atomic E-state index is 12.7. The van der Waals surface area contributed by atoms with Crippen molar-refractivity contribution in [1.29, 1.82) is 0 Å². The van der Waals surface area contributed by atoms with E-state index in [4.69, 9.17) is 40.5 Å². The van der Waals surface area contributed by atoms with E-state index in [1.165, 1.54) is 16.4 Å². The summed E-state index contributed by atoms with van der Waals surface area (Å²) in [6.45, 7) is 2.69. The van der Waals surface area contributed by atoms with E-state index in [2.05, 4.69) is 0 Å². The molecule has 1 heterocycles. The van der Waals surface area contributed by atoms with Crippen LogP contribution in [0.15, 0.2) is 17.0 Å². The summed E-state index contributed by atoms with van der Waals surface area (Å²) in [7, 11) is -3.75. The van der Waals surface area contributed by atoms with Gasteiger partial charge in [-0.25, -0.2) is 8.42 Å². The standard InChI is InChI=1S/C12H15Cl3N2O2S.ClH/c1-7-2-8(5-16)6-17(7)20(18,19)12-10(14)3-9(13)4-11(12)15;/h3-4,7-8H,2,5-6,16H2,1H3;1H. The van der Waals surface area contributed by atoms with E-state index in [1.54, 1.807) is 0 Å². The molecule has 21 heavy (non-hydrogen) atoms. The molecule has 0 aliphatic carbocycles. The van der Waals surface area contributed by atoms with Crippen molar-refractivity contribution in [2.75, 3.05) is 13.1 Å². The zero-order valence-corrected chi connectivity index (χ0v) is 15.1. The Morgan fingerprint density at radius 1 is 1.29 bits per heavy atom. The van der Waals surface area contributed by atoms with Crippen LogP contribution in [0.3, 0.4) is 0 Å². The predicted octanol–water partition coefficient (Wildman–Crippen LogP) is 3.43. The molecule has 1 fully saturated rings. The lowest BCUT2D eigenvalue weighted by Gasteiger charge is -2.22. The Morgan fingerprint density at radius 3 is 2.24 bits per heavy atom. The first kappa shape index (κ1) is 19.3. The summed E-state index contributed by atoms with van der Waals surface area (Å²) in [6.07, 6.45) is 0.735. The van der Waals surface area contributed by atoms with Crippen LogP contribution in [0.25, 0.3) is 0 Å². The molecule has 1 aromatic carbocycles. The first-order chi connectivity index (χ1) is 9.27. The van der Waals surface area contributed by atoms with Crippen molar-refractivity contribution in [3.05, 3.63) is 27.2 Å². The maximum Gasteiger partial charge on any atom is 0.246 e. The van der Waals surface area contributed by atoms with Crippen molar-refractivity contribution >= 4 is 57.2 Å². The second kappa shape index (κ2) is 7.21. The summed E-state index contributed by atoms with van der Waals surface area (Å²) in [6, 6.07) is 2.63. The molecule has 1 saturated heterocycles. The molecule has 0 saturated carbocycles. The third-order valence-electron chi connectivity index (χ3n) is 3.47. The lowest BCUT2D eigenvalue weighted by Crippen LogP contribution is -2.34. The first-order valence-electron chi connectivity index (χ1n) is 6.13. The van der Waals surface area contributed by atoms with E-state index >= 15 is 0 Å². The number of nitrogens with zero attached hydrogens (tertiary/aromatic N) is 1. The van der Waals surface area contributed by atoms with Crippen molar-refractivity contribution in [3.8, 4) is 0 Å². The average molecular weight is 394 g/mol. The van der Waals surface area contributed by atoms with Crippen LogP contribution in [-0.4, -0.2) is 31.9 Å². The van der Waals surface area contributed by atoms with Crippen LogP contribution in [0.5, 0.6) is 0 Å². The quantitative estimate of drug-likeness (QED) is 0.855. The molecule has 1 aliphatic heterocycles. The van der Waals surface area contributed by atoms with Crippen LogP contribution in [0.4, 0.5) is 0 Å². The van der Waals surface area contributed by atoms with Crippen LogP contribution in [0, 0.1) is 5.92 Å². The first-order valence-corrected chi connectivity index (χ1v) is 8.71. The highest BCUT2D eigenvalue weighted by atomic mass is 35.5. The van der Waals surface area contributed by atoms with Crippen molar-refractivity contribution in [3.63, 3.8) is 0 Å². The number of hydrogen-bond acceptors (Lipinski definition) is 3. The van der Waals surface area contributed by atoms with E-state index in [0.29, 0.717) is 18.1 Å². The van der Waals surface area contributed by atoms with Gasteiger partial charge >= 0.3 is 0 Å². The van der Waals surface area contributed by atoms with Gasteiger partial charge in [-0.05, 0) is 37.9 Å². The predicted molar refractivity (Wildman–Crippen MR) is 89.2 cm³/mol. The largest absolute Gasteiger partial charge is 0.330 e. The number of nitrogens with two attached hydrogens (primary N) is 1. The molecule has 0 radical (unpaired) electrons. The molecule has 1 aliphatic rings. The second-order valence-corrected chi connectivity index (χ2v) is 8.04. The fourth-order valence-corrected chi connectivity index (χ4v) is 5.72. The average Bonchev–Trinajstić information content (AvgIpc) is 2.69. The summed E-state index contributed by atoms with van der Waals surface area (Å²) in [5.41, 5.74) is 5.63. The van der Waals surface area contributed by atoms with Gasteiger partial charge in [-0.15, -0.1) is 12.4 Å². The minimum Gasteiger partial charge on any atom is -0.330 e. The van der Waals surface area contributed by atoms with Gasteiger partial charge in [0.05, 0.1) is 10.0 Å². The summed E-state index contributed by atoms with van der Waals surface area (Å²) in [5, 5.41) is 0.366. The zero-order valence-electron chi connectivity index (χ0n) is 11.2. The minimum atomic E-state index is -3.75. The Bertz CT molecular complexity index is 601. The number of rotatable bonds is 3. The molecular formula is C12H16Cl4N2O2S. The number of halogens is 4. The highest BCUT2D eigenvalue weighted by Gasteiger charge is 2.39. The molecule has 9 heteroatoms. The van der Waals surface area contributed by atoms with E-state index in [-0.39, 0.29) is 39.3 Å². The summed E-state index contributed by atoms with van der Waals surface area (Å²) >= 11 is 17.8. The fraction of sp³-hybridized carbons (Fsp3) is 0.500. The molecule has 4 nitrogen and oxygen atoms in total. The van der Waals surface area contributed by atoms with Crippen LogP contribution >= 0.6 is 47.2 Å². The topological polar surface area (TPSA) is 63.4 Å². The van der Waals surface area contributed by atoms with Crippen LogP contribution in [-0.2, 0) is 10.0 Å². The van der Waals surface area contributed by atoms with Crippen molar-refractivity contribution < 1.29 is 8.42 Å². The molecule has 2 rings (SSSR count). The minimum absolute atomic E-state index is 0. The van der Waals surface area contributed by atoms with Gasteiger partial charge < -0.3 is 5.73 Å². The normalized spacial score (nSPS) is 23.1. The molecular weight excluding hydrogens is 378 g/mol. The summed E-state index contributed by atoms with van der Waals surface area (Å²) in [5.74, 6) is 0.157. The molecule has 0 spiro atoms. The Morgan fingerprint density at radius 2 is 1.81 bits per heavy atom. The molecule has 1 aromatic rings. The Labute approximate surface area is 146 Å². The van der Waals surface area contributed by atoms with Gasteiger partial charge in [0, 0.05) is 17.6 Å². The van der Waals surface area contributed by atoms with Crippen LogP contribution in [0.1, 0.15) is 13.3 Å². The lowest BCUT2D eigenvalue weighted by atomic mass is 10.1. The number of benzene rings is 1. The van der Waals surface area contributed by atoms with Gasteiger partial charge in [-0.1, -0.05) is 34.8 Å². The van der Waals surface area contributed by atoms with E-state index < -0.39 is 10.0 Å². The second-order valence-electron chi connectivity index (χ2n) is 4.96. The van der Waals surface area contributed by atoms with Crippen molar-refractivity contribution in [1.82, 2.24) is 4.31 Å². The molecule has 2 N–H and O–H groups in total. The number of hydrogen-bond donors (Lipinski definition) is 1. The highest BCUT2D eigenvalue weighted by molar-refractivity contribution is 7.89. The van der Waals surface area contributed by atoms with Gasteiger partial charge in [0.2, 0.25) is 10.0 Å². The molecule has 120 valence electrons. The van der Waals surface area contributed by atoms with Gasteiger partial charge in [-0.2, -0.15) is 4.31 Å². The Balaban J connectivity index is 0.00000220. The SMILES string of the molecule is CC1CC(CN)CN1S(=O)(=O)c1c(Cl)cc(Cl)cc1Cl.Cl. The molecule has 0 amide bonds. The molecule has 2 unspecified atom stereocenters. The van der Waals surface area contributed by atoms with Gasteiger partial charge in [-0.3, -0.25) is 0 Å². The fourth-order valence-electron chi connectivity index (χ4n) is 2.51. The molecule has 0 bridgehead atoms. The van der Waals surface area contributed by atoms with Crippen molar-refractivity contribution in [2.45, 2.75) is 24.3 Å². The summed E-state index contributed by atoms with van der Waals surface area (Å²) in [4.78, 5) is -0.0882. The Hall–Kier alpha value is 0.250. The van der Waals surface area contributed by atoms with Crippen LogP contribution in [0.2, 0.25) is 15.1 Å². The van der Waals surface area contributed by atoms with Gasteiger partial charge in [0.25, 0.3) is 0 Å². The Kier molecular flexibility index (Phi) is 6.63. The highest BCUT2D eigenvalue weighted by Crippen LogP contribution is 2.37. The molecule has 0 aromatic heterocycles. The maximum atomic E-state index is 12.7. The monoisotopic (exact) mass is 392 g/mol. The zero-order chi connectivity index (χ0) is 15.1. The van der Waals surface area contributed by atoms with E-state index in [9.17, 15) is 8.42 Å². The summed E-state index contributed by atoms with van der Waals surface area (Å²) < 4.78 is 26.9. The van der Waals surface area contributed by atoms with Crippen LogP contribution < -0.4 is 5.73 Å². The lowest BCUT2D eigenvalue weighted by molar-refractivity contribution is 0.404. The van der Waals surface area contributed by atoms with E-state index in [0.717, 1.165) is 6.42 Å². The number of sulfonamides is 1. The van der Waals surface area contributed by atoms with Crippen molar-refractivity contribution in [2.24, 2.45) is 11.7 Å². The van der Waals surface area contributed by atoms with Gasteiger partial charge in [0.15, 0.2) is 0 Å². The third kappa shape index (κ3) is 3.78.